The van der Waals surface area contributed by atoms with Crippen LogP contribution in [0.25, 0.3) is 10.9 Å². The van der Waals surface area contributed by atoms with E-state index in [1.165, 1.54) is 28.0 Å². The molecule has 0 aliphatic carbocycles. The van der Waals surface area contributed by atoms with Crippen LogP contribution >= 0.6 is 34.5 Å². The summed E-state index contributed by atoms with van der Waals surface area (Å²) in [5.74, 6) is -1.11. The Kier molecular flexibility index (Phi) is 13.1. The largest absolute Gasteiger partial charge is 0.497 e. The fourth-order valence-corrected chi connectivity index (χ4v) is 8.20. The Bertz CT molecular complexity index is 2840. The van der Waals surface area contributed by atoms with Crippen LogP contribution in [0.1, 0.15) is 39.7 Å². The molecule has 1 unspecified atom stereocenters. The fourth-order valence-electron chi connectivity index (χ4n) is 7.03. The van der Waals surface area contributed by atoms with Gasteiger partial charge in [0.1, 0.15) is 47.1 Å². The highest BCUT2D eigenvalue weighted by molar-refractivity contribution is 7.10. The SMILES string of the molecule is COc1ccc2c(c1)/C(=N\OC(=O)CCn1cc(COc3ccc(N(C(=O)CCl)C(C(=O)NCCc4ccccc4)c4cccs4)cc3Cl)nn1)C(c1c(O)[nH]c3ccccc13)=N2. The number of para-hydroxylation sites is 1. The highest BCUT2D eigenvalue weighted by Crippen LogP contribution is 2.38. The maximum atomic E-state index is 13.7. The molecule has 1 atom stereocenters. The van der Waals surface area contributed by atoms with Crippen LogP contribution in [0, 0.1) is 0 Å². The third-order valence-electron chi connectivity index (χ3n) is 10.0. The number of ether oxygens (including phenoxy) is 2. The van der Waals surface area contributed by atoms with Gasteiger partial charge in [0.2, 0.25) is 11.8 Å². The first-order valence-corrected chi connectivity index (χ1v) is 21.4. The highest BCUT2D eigenvalue weighted by atomic mass is 35.5. The number of carbonyl (C=O) groups excluding carboxylic acids is 3. The van der Waals surface area contributed by atoms with Gasteiger partial charge in [-0.25, -0.2) is 9.79 Å². The van der Waals surface area contributed by atoms with Crippen molar-refractivity contribution in [2.75, 3.05) is 24.4 Å². The predicted molar refractivity (Wildman–Crippen MR) is 241 cm³/mol. The molecular weight excluding hydrogens is 868 g/mol. The Balaban J connectivity index is 0.903. The molecule has 1 aliphatic heterocycles. The lowest BCUT2D eigenvalue weighted by molar-refractivity contribution is -0.144. The van der Waals surface area contributed by atoms with Crippen LogP contribution in [0.15, 0.2) is 125 Å². The van der Waals surface area contributed by atoms with Crippen molar-refractivity contribution < 1.29 is 33.8 Å². The zero-order valence-corrected chi connectivity index (χ0v) is 35.9. The van der Waals surface area contributed by atoms with E-state index in [-0.39, 0.29) is 48.0 Å². The Labute approximate surface area is 374 Å². The number of methoxy groups -OCH3 is 1. The second-order valence-corrected chi connectivity index (χ2v) is 15.8. The van der Waals surface area contributed by atoms with Crippen molar-refractivity contribution in [2.45, 2.75) is 32.0 Å². The third kappa shape index (κ3) is 9.57. The maximum Gasteiger partial charge on any atom is 0.336 e. The number of benzene rings is 4. The summed E-state index contributed by atoms with van der Waals surface area (Å²) in [6, 6.07) is 29.8. The maximum absolute atomic E-state index is 13.7. The average Bonchev–Trinajstić information content (AvgIpc) is 4.12. The number of aryl methyl sites for hydroxylation is 1. The number of amides is 2. The second kappa shape index (κ2) is 19.4. The Morgan fingerprint density at radius 2 is 1.84 bits per heavy atom. The molecule has 63 heavy (non-hydrogen) atoms. The van der Waals surface area contributed by atoms with Gasteiger partial charge >= 0.3 is 5.97 Å². The molecule has 0 saturated carbocycles. The van der Waals surface area contributed by atoms with E-state index in [1.807, 2.05) is 66.0 Å². The smallest absolute Gasteiger partial charge is 0.336 e. The molecule has 0 radical (unpaired) electrons. The van der Waals surface area contributed by atoms with Crippen LogP contribution in [0.2, 0.25) is 5.02 Å². The number of carbonyl (C=O) groups is 3. The third-order valence-corrected chi connectivity index (χ3v) is 11.5. The van der Waals surface area contributed by atoms with Gasteiger partial charge in [-0.05, 0) is 65.9 Å². The van der Waals surface area contributed by atoms with Crippen LogP contribution in [-0.4, -0.2) is 73.8 Å². The number of aromatic hydroxyl groups is 1. The summed E-state index contributed by atoms with van der Waals surface area (Å²) in [5.41, 5.74) is 4.72. The number of thiophene rings is 1. The van der Waals surface area contributed by atoms with Crippen molar-refractivity contribution in [3.63, 3.8) is 0 Å². The lowest BCUT2D eigenvalue weighted by atomic mass is 10.0. The normalized spacial score (nSPS) is 13.1. The summed E-state index contributed by atoms with van der Waals surface area (Å²) in [7, 11) is 1.54. The fraction of sp³-hybridized carbons (Fsp3) is 0.178. The van der Waals surface area contributed by atoms with Gasteiger partial charge in [0, 0.05) is 33.6 Å². The van der Waals surface area contributed by atoms with E-state index in [4.69, 9.17) is 42.5 Å². The van der Waals surface area contributed by atoms with E-state index in [0.717, 1.165) is 10.9 Å². The number of hydrogen-bond acceptors (Lipinski definition) is 12. The van der Waals surface area contributed by atoms with Gasteiger partial charge in [0.15, 0.2) is 5.88 Å². The zero-order chi connectivity index (χ0) is 43.9. The van der Waals surface area contributed by atoms with E-state index in [2.05, 4.69) is 25.8 Å². The number of aromatic amines is 1. The number of halogens is 2. The molecule has 1 aliphatic rings. The molecular formula is C45H38Cl2N8O7S. The van der Waals surface area contributed by atoms with Crippen molar-refractivity contribution in [2.24, 2.45) is 10.1 Å². The van der Waals surface area contributed by atoms with Crippen LogP contribution in [-0.2, 0) is 38.8 Å². The molecule has 15 nitrogen and oxygen atoms in total. The number of rotatable bonds is 17. The number of oxime groups is 1. The van der Waals surface area contributed by atoms with Crippen molar-refractivity contribution in [1.82, 2.24) is 25.3 Å². The topological polar surface area (TPSA) is 186 Å². The number of hydrogen-bond donors (Lipinski definition) is 3. The first-order valence-electron chi connectivity index (χ1n) is 19.6. The summed E-state index contributed by atoms with van der Waals surface area (Å²) < 4.78 is 12.9. The number of fused-ring (bicyclic) bond motifs is 2. The molecule has 2 amide bonds. The van der Waals surface area contributed by atoms with Gasteiger partial charge in [-0.2, -0.15) is 0 Å². The quantitative estimate of drug-likeness (QED) is 0.0464. The molecule has 0 fully saturated rings. The van der Waals surface area contributed by atoms with Gasteiger partial charge < -0.3 is 29.7 Å². The molecule has 18 heteroatoms. The number of aromatic nitrogens is 4. The lowest BCUT2D eigenvalue weighted by Crippen LogP contribution is -2.44. The van der Waals surface area contributed by atoms with Crippen molar-refractivity contribution in [1.29, 1.82) is 0 Å². The number of nitrogens with one attached hydrogen (secondary N) is 2. The minimum Gasteiger partial charge on any atom is -0.497 e. The molecule has 3 aromatic heterocycles. The van der Waals surface area contributed by atoms with E-state index in [1.54, 1.807) is 48.7 Å². The first-order chi connectivity index (χ1) is 30.7. The monoisotopic (exact) mass is 904 g/mol. The molecule has 8 rings (SSSR count). The summed E-state index contributed by atoms with van der Waals surface area (Å²) in [4.78, 5) is 55.2. The van der Waals surface area contributed by atoms with Gasteiger partial charge in [0.05, 0.1) is 42.5 Å². The minimum atomic E-state index is -0.996. The zero-order valence-electron chi connectivity index (χ0n) is 33.5. The summed E-state index contributed by atoms with van der Waals surface area (Å²) >= 11 is 14.1. The number of anilines is 1. The second-order valence-electron chi connectivity index (χ2n) is 14.1. The molecule has 320 valence electrons. The number of alkyl halides is 1. The Morgan fingerprint density at radius 3 is 2.62 bits per heavy atom. The predicted octanol–water partition coefficient (Wildman–Crippen LogP) is 7.91. The number of nitrogens with zero attached hydrogens (tertiary/aromatic N) is 6. The molecule has 7 aromatic rings. The van der Waals surface area contributed by atoms with Gasteiger partial charge in [-0.1, -0.05) is 76.6 Å². The molecule has 0 spiro atoms. The van der Waals surface area contributed by atoms with Gasteiger partial charge in [0.25, 0.3) is 0 Å². The molecule has 3 N–H and O–H groups in total. The van der Waals surface area contributed by atoms with E-state index < -0.39 is 17.9 Å². The molecule has 4 heterocycles. The molecule has 4 aromatic carbocycles. The standard InChI is InChI=1S/C45H38Cl2N8O7S/c1-60-30-14-15-35-32(23-30)41(42(49-35)40-31-10-5-6-11-34(31)50-44(40)58)52-62-39(57)18-20-54-25-28(51-53-54)26-61-36-16-13-29(22-33(36)47)55(38(56)24-46)43(37-12-7-21-63-37)45(59)48-19-17-27-8-3-2-4-9-27/h2-16,21-23,25,43,50,58H,17-20,24,26H2,1H3,(H,48,59)/b52-41+. The van der Waals surface area contributed by atoms with Gasteiger partial charge in [-0.3, -0.25) is 19.2 Å². The molecule has 0 bridgehead atoms. The Hall–Kier alpha value is -7.01. The van der Waals surface area contributed by atoms with Crippen LogP contribution in [0.5, 0.6) is 17.4 Å². The number of H-pyrrole nitrogens is 1. The van der Waals surface area contributed by atoms with E-state index in [0.29, 0.717) is 68.8 Å². The van der Waals surface area contributed by atoms with Crippen LogP contribution in [0.4, 0.5) is 11.4 Å². The summed E-state index contributed by atoms with van der Waals surface area (Å²) in [6.07, 6.45) is 2.14. The Morgan fingerprint density at radius 1 is 1.02 bits per heavy atom. The van der Waals surface area contributed by atoms with Crippen molar-refractivity contribution >= 4 is 86.0 Å². The molecule has 0 saturated heterocycles. The lowest BCUT2D eigenvalue weighted by Gasteiger charge is -2.30. The van der Waals surface area contributed by atoms with Gasteiger partial charge in [-0.15, -0.1) is 28.0 Å². The van der Waals surface area contributed by atoms with Crippen molar-refractivity contribution in [3.05, 3.63) is 147 Å². The first kappa shape index (κ1) is 42.7. The van der Waals surface area contributed by atoms with E-state index in [9.17, 15) is 19.5 Å². The van der Waals surface area contributed by atoms with E-state index >= 15 is 0 Å². The van der Waals surface area contributed by atoms with Crippen molar-refractivity contribution in [3.8, 4) is 17.4 Å². The summed E-state index contributed by atoms with van der Waals surface area (Å²) in [6.45, 7) is 0.471. The highest BCUT2D eigenvalue weighted by Gasteiger charge is 2.34. The minimum absolute atomic E-state index is 0.0191. The summed E-state index contributed by atoms with van der Waals surface area (Å²) in [5, 5.41) is 29.1. The average molecular weight is 906 g/mol. The van der Waals surface area contributed by atoms with Crippen LogP contribution < -0.4 is 19.7 Å². The number of aliphatic imine (C=N–C) groups is 1. The van der Waals surface area contributed by atoms with Crippen LogP contribution in [0.3, 0.4) is 0 Å².